The van der Waals surface area contributed by atoms with E-state index >= 15 is 0 Å². The van der Waals surface area contributed by atoms with Crippen LogP contribution in [0.3, 0.4) is 0 Å². The maximum absolute atomic E-state index is 12.9. The molecule has 0 fully saturated rings. The molecule has 0 aromatic heterocycles. The molecule has 0 spiro atoms. The molecule has 0 aliphatic heterocycles. The van der Waals surface area contributed by atoms with Gasteiger partial charge in [0, 0.05) is 23.6 Å². The standard InChI is InChI=1S/C32H46N2O4S/c1-9-24(10-2)22(7)31(36)34-29(19(3)4)15-20(5)23(8)39-18-21(6)30(35)33-26-16-25-13-11-12-14-27(25)28(17-26)32(37)38/h9,11-14,18-20,22,24,26,28-29H,1,8,10,15-17H2,2-7H3,(H,33,35)(H,34,36)(H,37,38)/b21-18+/t20-,22+,24+,26+,28?,29-/m1/s1. The third kappa shape index (κ3) is 9.13. The molecule has 6 atom stereocenters. The van der Waals surface area contributed by atoms with E-state index in [9.17, 15) is 19.5 Å². The molecule has 6 nitrogen and oxygen atoms in total. The van der Waals surface area contributed by atoms with Gasteiger partial charge in [-0.2, -0.15) is 0 Å². The Morgan fingerprint density at radius 3 is 2.44 bits per heavy atom. The minimum Gasteiger partial charge on any atom is -0.481 e. The molecule has 2 rings (SSSR count). The molecular weight excluding hydrogens is 508 g/mol. The number of hydrogen-bond donors (Lipinski definition) is 3. The minimum atomic E-state index is -0.870. The van der Waals surface area contributed by atoms with E-state index in [4.69, 9.17) is 0 Å². The molecule has 1 unspecified atom stereocenters. The zero-order valence-electron chi connectivity index (χ0n) is 24.3. The Labute approximate surface area is 238 Å². The molecule has 2 amide bonds. The number of hydrogen-bond acceptors (Lipinski definition) is 4. The Morgan fingerprint density at radius 1 is 1.18 bits per heavy atom. The molecule has 1 aromatic rings. The second-order valence-corrected chi connectivity index (χ2v) is 12.2. The first-order valence-corrected chi connectivity index (χ1v) is 14.8. The van der Waals surface area contributed by atoms with Gasteiger partial charge in [-0.3, -0.25) is 14.4 Å². The predicted molar refractivity (Wildman–Crippen MR) is 161 cm³/mol. The number of allylic oxidation sites excluding steroid dienone is 2. The first kappa shape index (κ1) is 32.4. The molecule has 1 aromatic carbocycles. The van der Waals surface area contributed by atoms with Crippen molar-refractivity contribution in [2.45, 2.75) is 85.2 Å². The number of carbonyl (C=O) groups excluding carboxylic acids is 2. The Hall–Kier alpha value is -2.80. The van der Waals surface area contributed by atoms with Crippen molar-refractivity contribution in [3.8, 4) is 0 Å². The third-order valence-electron chi connectivity index (χ3n) is 7.92. The fourth-order valence-electron chi connectivity index (χ4n) is 5.04. The summed E-state index contributed by atoms with van der Waals surface area (Å²) in [5.41, 5.74) is 2.35. The van der Waals surface area contributed by atoms with Crippen LogP contribution in [0.4, 0.5) is 0 Å². The van der Waals surface area contributed by atoms with Crippen LogP contribution in [0.15, 0.2) is 59.4 Å². The number of nitrogens with one attached hydrogen (secondary N) is 2. The van der Waals surface area contributed by atoms with Gasteiger partial charge < -0.3 is 15.7 Å². The van der Waals surface area contributed by atoms with Crippen molar-refractivity contribution in [2.75, 3.05) is 0 Å². The second kappa shape index (κ2) is 15.1. The van der Waals surface area contributed by atoms with Crippen LogP contribution >= 0.6 is 11.8 Å². The average Bonchev–Trinajstić information content (AvgIpc) is 2.90. The Morgan fingerprint density at radius 2 is 1.85 bits per heavy atom. The summed E-state index contributed by atoms with van der Waals surface area (Å²) in [7, 11) is 0. The van der Waals surface area contributed by atoms with Crippen molar-refractivity contribution >= 4 is 29.5 Å². The van der Waals surface area contributed by atoms with Gasteiger partial charge in [0.05, 0.1) is 5.92 Å². The molecule has 0 saturated carbocycles. The number of aliphatic carboxylic acids is 1. The first-order valence-electron chi connectivity index (χ1n) is 14.0. The molecule has 1 aliphatic rings. The van der Waals surface area contributed by atoms with E-state index in [1.807, 2.05) is 37.3 Å². The van der Waals surface area contributed by atoms with Crippen LogP contribution in [0.1, 0.15) is 77.8 Å². The highest BCUT2D eigenvalue weighted by atomic mass is 32.2. The van der Waals surface area contributed by atoms with Crippen LogP contribution in [0.2, 0.25) is 0 Å². The molecule has 7 heteroatoms. The Bertz CT molecular complexity index is 1080. The van der Waals surface area contributed by atoms with E-state index in [1.54, 1.807) is 12.3 Å². The van der Waals surface area contributed by atoms with Crippen molar-refractivity contribution in [2.24, 2.45) is 23.7 Å². The number of fused-ring (bicyclic) bond motifs is 1. The molecule has 0 heterocycles. The van der Waals surface area contributed by atoms with Gasteiger partial charge in [0.2, 0.25) is 11.8 Å². The lowest BCUT2D eigenvalue weighted by molar-refractivity contribution is -0.139. The van der Waals surface area contributed by atoms with E-state index in [0.717, 1.165) is 28.9 Å². The number of benzene rings is 1. The maximum atomic E-state index is 12.9. The fourth-order valence-corrected chi connectivity index (χ4v) is 5.80. The summed E-state index contributed by atoms with van der Waals surface area (Å²) in [5, 5.41) is 17.8. The lowest BCUT2D eigenvalue weighted by atomic mass is 9.80. The number of carbonyl (C=O) groups is 3. The highest BCUT2D eigenvalue weighted by Gasteiger charge is 2.32. The van der Waals surface area contributed by atoms with Crippen molar-refractivity contribution in [3.05, 3.63) is 70.5 Å². The van der Waals surface area contributed by atoms with Crippen LogP contribution in [-0.4, -0.2) is 35.0 Å². The smallest absolute Gasteiger partial charge is 0.311 e. The summed E-state index contributed by atoms with van der Waals surface area (Å²) in [6.07, 6.45) is 4.47. The van der Waals surface area contributed by atoms with Gasteiger partial charge in [0.25, 0.3) is 0 Å². The quantitative estimate of drug-likeness (QED) is 0.181. The van der Waals surface area contributed by atoms with Crippen LogP contribution in [0.5, 0.6) is 0 Å². The number of thioether (sulfide) groups is 1. The van der Waals surface area contributed by atoms with Crippen molar-refractivity contribution in [3.63, 3.8) is 0 Å². The van der Waals surface area contributed by atoms with Gasteiger partial charge in [0.15, 0.2) is 0 Å². The van der Waals surface area contributed by atoms with E-state index in [2.05, 4.69) is 51.5 Å². The molecular formula is C32H46N2O4S. The van der Waals surface area contributed by atoms with Crippen LogP contribution in [0, 0.1) is 23.7 Å². The summed E-state index contributed by atoms with van der Waals surface area (Å²) in [6, 6.07) is 7.32. The van der Waals surface area contributed by atoms with Crippen LogP contribution in [0.25, 0.3) is 0 Å². The normalized spacial score (nSPS) is 20.2. The Balaban J connectivity index is 1.95. The second-order valence-electron chi connectivity index (χ2n) is 11.2. The predicted octanol–water partition coefficient (Wildman–Crippen LogP) is 6.45. The number of carboxylic acid groups (broad SMARTS) is 1. The van der Waals surface area contributed by atoms with Gasteiger partial charge in [-0.15, -0.1) is 18.3 Å². The van der Waals surface area contributed by atoms with Gasteiger partial charge in [-0.1, -0.05) is 71.5 Å². The zero-order valence-corrected chi connectivity index (χ0v) is 25.1. The summed E-state index contributed by atoms with van der Waals surface area (Å²) in [4.78, 5) is 38.5. The monoisotopic (exact) mass is 554 g/mol. The van der Waals surface area contributed by atoms with Crippen molar-refractivity contribution in [1.82, 2.24) is 10.6 Å². The summed E-state index contributed by atoms with van der Waals surface area (Å²) >= 11 is 1.43. The first-order chi connectivity index (χ1) is 18.4. The largest absolute Gasteiger partial charge is 0.481 e. The van der Waals surface area contributed by atoms with E-state index in [0.29, 0.717) is 18.4 Å². The topological polar surface area (TPSA) is 95.5 Å². The van der Waals surface area contributed by atoms with Crippen molar-refractivity contribution in [1.29, 1.82) is 0 Å². The highest BCUT2D eigenvalue weighted by Crippen LogP contribution is 2.33. The van der Waals surface area contributed by atoms with E-state index in [1.165, 1.54) is 11.8 Å². The zero-order chi connectivity index (χ0) is 29.3. The van der Waals surface area contributed by atoms with Gasteiger partial charge in [-0.05, 0) is 71.8 Å². The molecule has 0 radical (unpaired) electrons. The molecule has 1 aliphatic carbocycles. The highest BCUT2D eigenvalue weighted by molar-refractivity contribution is 8.05. The lowest BCUT2D eigenvalue weighted by Crippen LogP contribution is -2.43. The number of carboxylic acids is 1. The molecule has 0 bridgehead atoms. The van der Waals surface area contributed by atoms with E-state index < -0.39 is 11.9 Å². The van der Waals surface area contributed by atoms with Crippen molar-refractivity contribution < 1.29 is 19.5 Å². The van der Waals surface area contributed by atoms with Gasteiger partial charge >= 0.3 is 5.97 Å². The minimum absolute atomic E-state index is 0.0133. The summed E-state index contributed by atoms with van der Waals surface area (Å²) < 4.78 is 0. The number of rotatable bonds is 14. The maximum Gasteiger partial charge on any atom is 0.311 e. The molecule has 3 N–H and O–H groups in total. The third-order valence-corrected chi connectivity index (χ3v) is 9.09. The Kier molecular flexibility index (Phi) is 12.6. The summed E-state index contributed by atoms with van der Waals surface area (Å²) in [5.74, 6) is -1.24. The number of amides is 2. The fraction of sp³-hybridized carbons (Fsp3) is 0.531. The van der Waals surface area contributed by atoms with E-state index in [-0.39, 0.29) is 47.6 Å². The molecule has 39 heavy (non-hydrogen) atoms. The summed E-state index contributed by atoms with van der Waals surface area (Å²) in [6.45, 7) is 20.2. The lowest BCUT2D eigenvalue weighted by Gasteiger charge is -2.30. The van der Waals surface area contributed by atoms with Gasteiger partial charge in [0.1, 0.15) is 0 Å². The molecule has 0 saturated heterocycles. The van der Waals surface area contributed by atoms with Crippen LogP contribution < -0.4 is 10.6 Å². The molecule has 214 valence electrons. The van der Waals surface area contributed by atoms with Crippen LogP contribution in [-0.2, 0) is 20.8 Å². The SMILES string of the molecule is C=C[C@@H](CC)[C@H](C)C(=O)N[C@H](C[C@@H](C)C(=C)S/C=C(\C)C(=O)N[C@H]1Cc2ccccc2C(C(=O)O)C1)C(C)C. The average molecular weight is 555 g/mol. The van der Waals surface area contributed by atoms with Gasteiger partial charge in [-0.25, -0.2) is 0 Å².